The third-order valence-electron chi connectivity index (χ3n) is 3.42. The smallest absolute Gasteiger partial charge is 0.257 e. The molecule has 1 fully saturated rings. The Morgan fingerprint density at radius 3 is 2.67 bits per heavy atom. The van der Waals surface area contributed by atoms with Gasteiger partial charge >= 0.3 is 0 Å². The van der Waals surface area contributed by atoms with Crippen molar-refractivity contribution in [3.8, 4) is 11.3 Å². The van der Waals surface area contributed by atoms with E-state index in [-0.39, 0.29) is 24.1 Å². The second-order valence-electron chi connectivity index (χ2n) is 4.68. The van der Waals surface area contributed by atoms with Gasteiger partial charge in [-0.15, -0.1) is 12.4 Å². The summed E-state index contributed by atoms with van der Waals surface area (Å²) in [6.07, 6.45) is 1.46. The molecule has 5 nitrogen and oxygen atoms in total. The summed E-state index contributed by atoms with van der Waals surface area (Å²) in [7, 11) is 0. The van der Waals surface area contributed by atoms with Crippen LogP contribution in [-0.4, -0.2) is 47.2 Å². The number of hydrogen-bond donors (Lipinski definition) is 2. The van der Waals surface area contributed by atoms with Crippen molar-refractivity contribution in [3.05, 3.63) is 41.8 Å². The van der Waals surface area contributed by atoms with Crippen molar-refractivity contribution in [1.29, 1.82) is 0 Å². The molecule has 7 heteroatoms. The number of nitrogens with zero attached hydrogens (tertiary/aromatic N) is 2. The van der Waals surface area contributed by atoms with E-state index in [0.717, 1.165) is 13.1 Å². The van der Waals surface area contributed by atoms with Crippen LogP contribution >= 0.6 is 12.4 Å². The van der Waals surface area contributed by atoms with Gasteiger partial charge in [0.1, 0.15) is 5.82 Å². The molecule has 0 aliphatic carbocycles. The predicted octanol–water partition coefficient (Wildman–Crippen LogP) is 1.68. The molecule has 21 heavy (non-hydrogen) atoms. The monoisotopic (exact) mass is 310 g/mol. The fourth-order valence-corrected chi connectivity index (χ4v) is 2.36. The van der Waals surface area contributed by atoms with E-state index in [0.29, 0.717) is 29.9 Å². The number of halogens is 2. The minimum Gasteiger partial charge on any atom is -0.336 e. The van der Waals surface area contributed by atoms with E-state index < -0.39 is 0 Å². The molecule has 2 N–H and O–H groups in total. The molecule has 0 radical (unpaired) electrons. The number of carbonyl (C=O) groups excluding carboxylic acids is 1. The highest BCUT2D eigenvalue weighted by Gasteiger charge is 2.23. The van der Waals surface area contributed by atoms with Crippen LogP contribution in [0.3, 0.4) is 0 Å². The highest BCUT2D eigenvalue weighted by molar-refractivity contribution is 5.99. The largest absolute Gasteiger partial charge is 0.336 e. The number of carbonyl (C=O) groups is 1. The highest BCUT2D eigenvalue weighted by Crippen LogP contribution is 2.24. The summed E-state index contributed by atoms with van der Waals surface area (Å²) in [6.45, 7) is 2.86. The molecule has 3 rings (SSSR count). The first-order valence-corrected chi connectivity index (χ1v) is 6.55. The SMILES string of the molecule is Cl.O=C(c1cn[nH]c1-c1ccccc1F)N1CCNCC1. The maximum atomic E-state index is 13.9. The van der Waals surface area contributed by atoms with Gasteiger partial charge in [-0.2, -0.15) is 5.10 Å². The maximum absolute atomic E-state index is 13.9. The first kappa shape index (κ1) is 15.5. The molecule has 1 aliphatic heterocycles. The maximum Gasteiger partial charge on any atom is 0.257 e. The molecule has 1 aliphatic rings. The minimum absolute atomic E-state index is 0. The number of aromatic amines is 1. The Kier molecular flexibility index (Phi) is 4.93. The average molecular weight is 311 g/mol. The molecule has 1 saturated heterocycles. The summed E-state index contributed by atoms with van der Waals surface area (Å²) in [6, 6.07) is 6.36. The normalized spacial score (nSPS) is 14.6. The molecule has 0 unspecified atom stereocenters. The van der Waals surface area contributed by atoms with Crippen molar-refractivity contribution < 1.29 is 9.18 Å². The molecule has 1 aromatic heterocycles. The Balaban J connectivity index is 0.00000161. The van der Waals surface area contributed by atoms with Crippen LogP contribution in [0.15, 0.2) is 30.5 Å². The third-order valence-corrected chi connectivity index (χ3v) is 3.42. The molecule has 0 spiro atoms. The van der Waals surface area contributed by atoms with Gasteiger partial charge in [-0.25, -0.2) is 4.39 Å². The van der Waals surface area contributed by atoms with Gasteiger partial charge in [0.25, 0.3) is 5.91 Å². The minimum atomic E-state index is -0.369. The van der Waals surface area contributed by atoms with Crippen molar-refractivity contribution in [2.75, 3.05) is 26.2 Å². The summed E-state index contributed by atoms with van der Waals surface area (Å²) in [5.74, 6) is -0.482. The molecular weight excluding hydrogens is 295 g/mol. The molecular formula is C14H16ClFN4O. The van der Waals surface area contributed by atoms with Crippen LogP contribution in [0.25, 0.3) is 11.3 Å². The van der Waals surface area contributed by atoms with E-state index in [2.05, 4.69) is 15.5 Å². The molecule has 0 saturated carbocycles. The van der Waals surface area contributed by atoms with Crippen LogP contribution in [-0.2, 0) is 0 Å². The van der Waals surface area contributed by atoms with Gasteiger partial charge in [0.05, 0.1) is 17.5 Å². The number of rotatable bonds is 2. The number of H-pyrrole nitrogens is 1. The molecule has 0 atom stereocenters. The Bertz CT molecular complexity index is 625. The topological polar surface area (TPSA) is 61.0 Å². The Morgan fingerprint density at radius 1 is 1.24 bits per heavy atom. The third kappa shape index (κ3) is 3.06. The van der Waals surface area contributed by atoms with E-state index in [1.807, 2.05) is 0 Å². The van der Waals surface area contributed by atoms with Gasteiger partial charge in [-0.1, -0.05) is 12.1 Å². The zero-order valence-electron chi connectivity index (χ0n) is 11.3. The summed E-state index contributed by atoms with van der Waals surface area (Å²) in [5.41, 5.74) is 1.21. The lowest BCUT2D eigenvalue weighted by Crippen LogP contribution is -2.46. The van der Waals surface area contributed by atoms with Gasteiger partial charge in [-0.05, 0) is 12.1 Å². The molecule has 112 valence electrons. The standard InChI is InChI=1S/C14H15FN4O.ClH/c15-12-4-2-1-3-10(12)13-11(9-17-18-13)14(20)19-7-5-16-6-8-19;/h1-4,9,16H,5-8H2,(H,17,18);1H. The molecule has 0 bridgehead atoms. The summed E-state index contributed by atoms with van der Waals surface area (Å²) in [5, 5.41) is 9.82. The average Bonchev–Trinajstić information content (AvgIpc) is 2.97. The first-order chi connectivity index (χ1) is 9.77. The van der Waals surface area contributed by atoms with E-state index in [4.69, 9.17) is 0 Å². The number of amides is 1. The predicted molar refractivity (Wildman–Crippen MR) is 80.0 cm³/mol. The van der Waals surface area contributed by atoms with Gasteiger partial charge in [0, 0.05) is 31.7 Å². The molecule has 2 aromatic rings. The molecule has 1 aromatic carbocycles. The second kappa shape index (κ2) is 6.69. The summed E-state index contributed by atoms with van der Waals surface area (Å²) in [4.78, 5) is 14.2. The fraction of sp³-hybridized carbons (Fsp3) is 0.286. The van der Waals surface area contributed by atoms with E-state index in [1.165, 1.54) is 12.3 Å². The highest BCUT2D eigenvalue weighted by atomic mass is 35.5. The quantitative estimate of drug-likeness (QED) is 0.887. The van der Waals surface area contributed by atoms with Gasteiger partial charge in [0.15, 0.2) is 0 Å². The van der Waals surface area contributed by atoms with Crippen molar-refractivity contribution in [3.63, 3.8) is 0 Å². The van der Waals surface area contributed by atoms with Crippen LogP contribution in [0.5, 0.6) is 0 Å². The number of hydrogen-bond acceptors (Lipinski definition) is 3. The number of piperazine rings is 1. The lowest BCUT2D eigenvalue weighted by molar-refractivity contribution is 0.0736. The van der Waals surface area contributed by atoms with Crippen molar-refractivity contribution in [2.45, 2.75) is 0 Å². The lowest BCUT2D eigenvalue weighted by Gasteiger charge is -2.27. The zero-order chi connectivity index (χ0) is 13.9. The van der Waals surface area contributed by atoms with E-state index in [9.17, 15) is 9.18 Å². The zero-order valence-corrected chi connectivity index (χ0v) is 12.1. The van der Waals surface area contributed by atoms with Gasteiger partial charge in [-0.3, -0.25) is 9.89 Å². The van der Waals surface area contributed by atoms with Crippen molar-refractivity contribution in [1.82, 2.24) is 20.4 Å². The van der Waals surface area contributed by atoms with Crippen LogP contribution < -0.4 is 5.32 Å². The number of nitrogens with one attached hydrogen (secondary N) is 2. The Hall–Kier alpha value is -1.92. The summed E-state index contributed by atoms with van der Waals surface area (Å²) < 4.78 is 13.9. The van der Waals surface area contributed by atoms with Crippen LogP contribution in [0, 0.1) is 5.82 Å². The van der Waals surface area contributed by atoms with Crippen molar-refractivity contribution in [2.24, 2.45) is 0 Å². The second-order valence-corrected chi connectivity index (χ2v) is 4.68. The van der Waals surface area contributed by atoms with Crippen molar-refractivity contribution >= 4 is 18.3 Å². The van der Waals surface area contributed by atoms with Crippen LogP contribution in [0.4, 0.5) is 4.39 Å². The van der Waals surface area contributed by atoms with E-state index >= 15 is 0 Å². The fourth-order valence-electron chi connectivity index (χ4n) is 2.36. The number of benzene rings is 1. The lowest BCUT2D eigenvalue weighted by atomic mass is 10.1. The Labute approximate surface area is 127 Å². The van der Waals surface area contributed by atoms with Crippen LogP contribution in [0.2, 0.25) is 0 Å². The number of aromatic nitrogens is 2. The molecule has 1 amide bonds. The van der Waals surface area contributed by atoms with Gasteiger partial charge < -0.3 is 10.2 Å². The van der Waals surface area contributed by atoms with E-state index in [1.54, 1.807) is 23.1 Å². The summed E-state index contributed by atoms with van der Waals surface area (Å²) >= 11 is 0. The first-order valence-electron chi connectivity index (χ1n) is 6.55. The van der Waals surface area contributed by atoms with Gasteiger partial charge in [0.2, 0.25) is 0 Å². The van der Waals surface area contributed by atoms with Crippen LogP contribution in [0.1, 0.15) is 10.4 Å². The molecule has 2 heterocycles. The Morgan fingerprint density at radius 2 is 1.95 bits per heavy atom.